The highest BCUT2D eigenvalue weighted by molar-refractivity contribution is 5.68. The summed E-state index contributed by atoms with van der Waals surface area (Å²) in [5.41, 5.74) is -0.177. The number of aliphatic carboxylic acids is 1. The first-order valence-corrected chi connectivity index (χ1v) is 6.25. The molecular weight excluding hydrogens is 234 g/mol. The number of hydrogen-bond donors (Lipinski definition) is 2. The van der Waals surface area contributed by atoms with E-state index in [9.17, 15) is 9.59 Å². The fourth-order valence-corrected chi connectivity index (χ4v) is 1.40. The summed E-state index contributed by atoms with van der Waals surface area (Å²) in [6, 6.07) is 0. The number of hydrogen-bond acceptors (Lipinski definition) is 3. The molecule has 0 radical (unpaired) electrons. The molecule has 5 heteroatoms. The van der Waals surface area contributed by atoms with Crippen LogP contribution in [-0.2, 0) is 9.53 Å². The normalized spacial score (nSPS) is 13.2. The molecule has 0 heterocycles. The molecule has 0 saturated heterocycles. The molecule has 0 bridgehead atoms. The topological polar surface area (TPSA) is 75.6 Å². The monoisotopic (exact) mass is 259 g/mol. The number of ether oxygens (including phenoxy) is 1. The van der Waals surface area contributed by atoms with Crippen molar-refractivity contribution in [1.82, 2.24) is 5.32 Å². The van der Waals surface area contributed by atoms with E-state index in [2.05, 4.69) is 5.32 Å². The van der Waals surface area contributed by atoms with Crippen LogP contribution in [0.4, 0.5) is 4.79 Å². The van der Waals surface area contributed by atoms with Gasteiger partial charge in [-0.05, 0) is 17.3 Å². The molecule has 0 fully saturated rings. The molecule has 0 rings (SSSR count). The van der Waals surface area contributed by atoms with Crippen molar-refractivity contribution in [2.45, 2.75) is 41.0 Å². The lowest BCUT2D eigenvalue weighted by molar-refractivity contribution is -0.139. The Morgan fingerprint density at radius 1 is 1.28 bits per heavy atom. The summed E-state index contributed by atoms with van der Waals surface area (Å²) in [7, 11) is 0. The lowest BCUT2D eigenvalue weighted by Crippen LogP contribution is -2.37. The van der Waals surface area contributed by atoms with Gasteiger partial charge in [0.1, 0.15) is 0 Å². The predicted molar refractivity (Wildman–Crippen MR) is 69.4 cm³/mol. The second-order valence-corrected chi connectivity index (χ2v) is 6.03. The molecule has 18 heavy (non-hydrogen) atoms. The average Bonchev–Trinajstić information content (AvgIpc) is 2.19. The van der Waals surface area contributed by atoms with Crippen LogP contribution >= 0.6 is 0 Å². The standard InChI is InChI=1S/C13H25NO4/c1-9(2)8-18-12(17)14-7-10(6-11(15)16)13(3,4)5/h9-10H,6-8H2,1-5H3,(H,14,17)(H,15,16). The van der Waals surface area contributed by atoms with E-state index in [1.54, 1.807) is 0 Å². The Kier molecular flexibility index (Phi) is 6.73. The lowest BCUT2D eigenvalue weighted by atomic mass is 9.79. The highest BCUT2D eigenvalue weighted by Gasteiger charge is 2.27. The van der Waals surface area contributed by atoms with Crippen LogP contribution in [0.15, 0.2) is 0 Å². The van der Waals surface area contributed by atoms with Gasteiger partial charge in [-0.2, -0.15) is 0 Å². The largest absolute Gasteiger partial charge is 0.481 e. The Hall–Kier alpha value is -1.26. The Balaban J connectivity index is 4.18. The molecule has 0 aliphatic carbocycles. The Morgan fingerprint density at radius 3 is 2.22 bits per heavy atom. The van der Waals surface area contributed by atoms with Gasteiger partial charge in [0.15, 0.2) is 0 Å². The molecule has 0 aromatic carbocycles. The average molecular weight is 259 g/mol. The zero-order valence-electron chi connectivity index (χ0n) is 11.9. The van der Waals surface area contributed by atoms with Gasteiger partial charge in [0.2, 0.25) is 0 Å². The number of carbonyl (C=O) groups excluding carboxylic acids is 1. The van der Waals surface area contributed by atoms with Gasteiger partial charge in [-0.25, -0.2) is 4.79 Å². The van der Waals surface area contributed by atoms with Crippen molar-refractivity contribution in [3.63, 3.8) is 0 Å². The van der Waals surface area contributed by atoms with Gasteiger partial charge in [0.05, 0.1) is 13.0 Å². The number of carboxylic acids is 1. The van der Waals surface area contributed by atoms with Crippen molar-refractivity contribution in [2.75, 3.05) is 13.2 Å². The Morgan fingerprint density at radius 2 is 1.83 bits per heavy atom. The second kappa shape index (κ2) is 7.24. The number of carboxylic acid groups (broad SMARTS) is 1. The molecule has 0 saturated carbocycles. The minimum atomic E-state index is -0.854. The molecular formula is C13H25NO4. The molecule has 0 spiro atoms. The third-order valence-corrected chi connectivity index (χ3v) is 2.69. The van der Waals surface area contributed by atoms with E-state index in [1.807, 2.05) is 34.6 Å². The summed E-state index contributed by atoms with van der Waals surface area (Å²) in [5.74, 6) is -0.693. The SMILES string of the molecule is CC(C)COC(=O)NCC(CC(=O)O)C(C)(C)C. The van der Waals surface area contributed by atoms with Crippen molar-refractivity contribution < 1.29 is 19.4 Å². The summed E-state index contributed by atoms with van der Waals surface area (Å²) in [6.45, 7) is 10.5. The van der Waals surface area contributed by atoms with Crippen molar-refractivity contribution in [3.05, 3.63) is 0 Å². The molecule has 2 N–H and O–H groups in total. The van der Waals surface area contributed by atoms with Crippen LogP contribution in [0.1, 0.15) is 41.0 Å². The molecule has 5 nitrogen and oxygen atoms in total. The van der Waals surface area contributed by atoms with Crippen LogP contribution < -0.4 is 5.32 Å². The smallest absolute Gasteiger partial charge is 0.407 e. The van der Waals surface area contributed by atoms with Crippen molar-refractivity contribution in [1.29, 1.82) is 0 Å². The first-order valence-electron chi connectivity index (χ1n) is 6.25. The van der Waals surface area contributed by atoms with E-state index in [4.69, 9.17) is 9.84 Å². The van der Waals surface area contributed by atoms with Crippen LogP contribution in [-0.4, -0.2) is 30.3 Å². The summed E-state index contributed by atoms with van der Waals surface area (Å²) in [5, 5.41) is 11.5. The van der Waals surface area contributed by atoms with Crippen LogP contribution in [0.5, 0.6) is 0 Å². The fourth-order valence-electron chi connectivity index (χ4n) is 1.40. The van der Waals surface area contributed by atoms with Gasteiger partial charge >= 0.3 is 12.1 Å². The van der Waals surface area contributed by atoms with Crippen LogP contribution in [0.2, 0.25) is 0 Å². The van der Waals surface area contributed by atoms with Gasteiger partial charge in [-0.1, -0.05) is 34.6 Å². The van der Waals surface area contributed by atoms with Gasteiger partial charge in [0, 0.05) is 6.54 Å². The molecule has 1 atom stereocenters. The minimum Gasteiger partial charge on any atom is -0.481 e. The molecule has 106 valence electrons. The maximum atomic E-state index is 11.4. The molecule has 0 aromatic heterocycles. The summed E-state index contributed by atoms with van der Waals surface area (Å²) >= 11 is 0. The van der Waals surface area contributed by atoms with Gasteiger partial charge in [-0.3, -0.25) is 4.79 Å². The zero-order chi connectivity index (χ0) is 14.3. The minimum absolute atomic E-state index is 0.0357. The van der Waals surface area contributed by atoms with E-state index in [1.165, 1.54) is 0 Å². The van der Waals surface area contributed by atoms with Crippen molar-refractivity contribution in [2.24, 2.45) is 17.3 Å². The van der Waals surface area contributed by atoms with Gasteiger partial charge in [0.25, 0.3) is 0 Å². The van der Waals surface area contributed by atoms with E-state index in [-0.39, 0.29) is 23.7 Å². The van der Waals surface area contributed by atoms with Crippen molar-refractivity contribution in [3.8, 4) is 0 Å². The maximum absolute atomic E-state index is 11.4. The quantitative estimate of drug-likeness (QED) is 0.768. The third-order valence-electron chi connectivity index (χ3n) is 2.69. The summed E-state index contributed by atoms with van der Waals surface area (Å²) < 4.78 is 4.97. The predicted octanol–water partition coefficient (Wildman–Crippen LogP) is 2.51. The molecule has 0 aliphatic heterocycles. The Labute approximate surface area is 109 Å². The Bertz CT molecular complexity index is 281. The van der Waals surface area contributed by atoms with Crippen LogP contribution in [0.25, 0.3) is 0 Å². The fraction of sp³-hybridized carbons (Fsp3) is 0.846. The van der Waals surface area contributed by atoms with E-state index >= 15 is 0 Å². The summed E-state index contributed by atoms with van der Waals surface area (Å²) in [6.07, 6.45) is -0.447. The maximum Gasteiger partial charge on any atom is 0.407 e. The molecule has 1 unspecified atom stereocenters. The first-order chi connectivity index (χ1) is 8.12. The first kappa shape index (κ1) is 16.7. The van der Waals surface area contributed by atoms with Gasteiger partial charge < -0.3 is 15.2 Å². The number of amides is 1. The number of rotatable bonds is 6. The highest BCUT2D eigenvalue weighted by atomic mass is 16.5. The second-order valence-electron chi connectivity index (χ2n) is 6.03. The van der Waals surface area contributed by atoms with E-state index in [0.29, 0.717) is 13.2 Å². The van der Waals surface area contributed by atoms with Gasteiger partial charge in [-0.15, -0.1) is 0 Å². The third kappa shape index (κ3) is 7.92. The van der Waals surface area contributed by atoms with Crippen LogP contribution in [0, 0.1) is 17.3 Å². The van der Waals surface area contributed by atoms with E-state index < -0.39 is 12.1 Å². The zero-order valence-corrected chi connectivity index (χ0v) is 11.9. The molecule has 0 aliphatic rings. The summed E-state index contributed by atoms with van der Waals surface area (Å²) in [4.78, 5) is 22.2. The highest BCUT2D eigenvalue weighted by Crippen LogP contribution is 2.28. The van der Waals surface area contributed by atoms with Crippen LogP contribution in [0.3, 0.4) is 0 Å². The molecule has 0 aromatic rings. The number of nitrogens with one attached hydrogen (secondary N) is 1. The number of carbonyl (C=O) groups is 2. The van der Waals surface area contributed by atoms with Crippen molar-refractivity contribution >= 4 is 12.1 Å². The lowest BCUT2D eigenvalue weighted by Gasteiger charge is -2.29. The van der Waals surface area contributed by atoms with E-state index in [0.717, 1.165) is 0 Å². The number of alkyl carbamates (subject to hydrolysis) is 1. The molecule has 1 amide bonds.